The van der Waals surface area contributed by atoms with Crippen LogP contribution in [0.1, 0.15) is 40.0 Å². The van der Waals surface area contributed by atoms with Crippen LogP contribution in [-0.4, -0.2) is 19.2 Å². The Bertz CT molecular complexity index is 451. The lowest BCUT2D eigenvalue weighted by Gasteiger charge is -2.43. The monoisotopic (exact) mass is 273 g/mol. The Morgan fingerprint density at radius 1 is 1.20 bits per heavy atom. The van der Waals surface area contributed by atoms with Crippen LogP contribution in [-0.2, 0) is 0 Å². The van der Waals surface area contributed by atoms with E-state index in [1.165, 1.54) is 19.3 Å². The number of para-hydroxylation sites is 1. The molecule has 3 rings (SSSR count). The number of nitrogens with one attached hydrogen (secondary N) is 1. The average molecular weight is 273 g/mol. The fourth-order valence-electron chi connectivity index (χ4n) is 4.70. The molecule has 2 saturated carbocycles. The van der Waals surface area contributed by atoms with Crippen molar-refractivity contribution >= 4 is 0 Å². The molecule has 1 aromatic rings. The van der Waals surface area contributed by atoms with E-state index in [2.05, 4.69) is 26.1 Å². The molecule has 20 heavy (non-hydrogen) atoms. The number of ether oxygens (including phenoxy) is 1. The van der Waals surface area contributed by atoms with E-state index in [-0.39, 0.29) is 0 Å². The third-order valence-corrected chi connectivity index (χ3v) is 5.73. The van der Waals surface area contributed by atoms with E-state index < -0.39 is 0 Å². The molecule has 0 aliphatic heterocycles. The van der Waals surface area contributed by atoms with Crippen molar-refractivity contribution in [2.24, 2.45) is 16.7 Å². The van der Waals surface area contributed by atoms with Crippen molar-refractivity contribution in [1.29, 1.82) is 0 Å². The van der Waals surface area contributed by atoms with Crippen LogP contribution in [0.5, 0.6) is 5.75 Å². The van der Waals surface area contributed by atoms with Gasteiger partial charge in [0, 0.05) is 12.6 Å². The highest BCUT2D eigenvalue weighted by atomic mass is 16.5. The summed E-state index contributed by atoms with van der Waals surface area (Å²) in [5.74, 6) is 1.87. The molecule has 0 heterocycles. The molecule has 1 aromatic carbocycles. The normalized spacial score (nSPS) is 34.4. The topological polar surface area (TPSA) is 21.3 Å². The smallest absolute Gasteiger partial charge is 0.119 e. The molecule has 2 aliphatic rings. The fraction of sp³-hybridized carbons (Fsp3) is 0.667. The Morgan fingerprint density at radius 3 is 2.60 bits per heavy atom. The van der Waals surface area contributed by atoms with Gasteiger partial charge in [-0.2, -0.15) is 0 Å². The molecule has 0 radical (unpaired) electrons. The lowest BCUT2D eigenvalue weighted by atomic mass is 9.68. The van der Waals surface area contributed by atoms with Crippen molar-refractivity contribution < 1.29 is 4.74 Å². The third kappa shape index (κ3) is 2.35. The predicted octanol–water partition coefficient (Wildman–Crippen LogP) is 3.87. The Labute approximate surface area is 122 Å². The van der Waals surface area contributed by atoms with Crippen LogP contribution in [0.2, 0.25) is 0 Å². The molecule has 2 aliphatic carbocycles. The standard InChI is InChI=1S/C18H27NO/c1-17(2)14-9-10-18(3,13-14)16(17)19-11-12-20-15-7-5-4-6-8-15/h4-8,14,16,19H,9-13H2,1-3H3. The van der Waals surface area contributed by atoms with Crippen LogP contribution in [0, 0.1) is 16.7 Å². The van der Waals surface area contributed by atoms with Gasteiger partial charge in [-0.05, 0) is 48.1 Å². The van der Waals surface area contributed by atoms with Gasteiger partial charge in [-0.1, -0.05) is 39.0 Å². The highest BCUT2D eigenvalue weighted by Crippen LogP contribution is 2.62. The number of rotatable bonds is 5. The van der Waals surface area contributed by atoms with Crippen LogP contribution in [0.15, 0.2) is 30.3 Å². The maximum absolute atomic E-state index is 5.78. The van der Waals surface area contributed by atoms with Gasteiger partial charge in [0.15, 0.2) is 0 Å². The van der Waals surface area contributed by atoms with Gasteiger partial charge in [-0.25, -0.2) is 0 Å². The lowest BCUT2D eigenvalue weighted by Crippen LogP contribution is -2.51. The molecule has 2 nitrogen and oxygen atoms in total. The SMILES string of the molecule is CC12CCC(C1)C(C)(C)C2NCCOc1ccccc1. The van der Waals surface area contributed by atoms with E-state index in [1.54, 1.807) is 0 Å². The van der Waals surface area contributed by atoms with Crippen LogP contribution < -0.4 is 10.1 Å². The second kappa shape index (κ2) is 5.07. The second-order valence-corrected chi connectivity index (χ2v) is 7.46. The summed E-state index contributed by atoms with van der Waals surface area (Å²) in [6, 6.07) is 10.7. The van der Waals surface area contributed by atoms with Crippen molar-refractivity contribution in [3.8, 4) is 5.75 Å². The molecule has 0 saturated heterocycles. The molecule has 0 spiro atoms. The first-order valence-electron chi connectivity index (χ1n) is 7.94. The summed E-state index contributed by atoms with van der Waals surface area (Å²) in [6.45, 7) is 9.04. The van der Waals surface area contributed by atoms with E-state index in [0.29, 0.717) is 16.9 Å². The molecular formula is C18H27NO. The molecular weight excluding hydrogens is 246 g/mol. The fourth-order valence-corrected chi connectivity index (χ4v) is 4.70. The minimum atomic E-state index is 0.430. The molecule has 110 valence electrons. The summed E-state index contributed by atoms with van der Waals surface area (Å²) in [4.78, 5) is 0. The first-order chi connectivity index (χ1) is 9.52. The van der Waals surface area contributed by atoms with Gasteiger partial charge >= 0.3 is 0 Å². The summed E-state index contributed by atoms with van der Waals surface area (Å²) in [7, 11) is 0. The molecule has 2 fully saturated rings. The zero-order chi connectivity index (χ0) is 14.2. The van der Waals surface area contributed by atoms with E-state index in [1.807, 2.05) is 30.3 Å². The molecule has 2 bridgehead atoms. The van der Waals surface area contributed by atoms with Gasteiger partial charge in [-0.3, -0.25) is 0 Å². The molecule has 0 amide bonds. The molecule has 0 aromatic heterocycles. The van der Waals surface area contributed by atoms with E-state index in [4.69, 9.17) is 4.74 Å². The van der Waals surface area contributed by atoms with Crippen LogP contribution >= 0.6 is 0 Å². The van der Waals surface area contributed by atoms with Gasteiger partial charge in [0.2, 0.25) is 0 Å². The van der Waals surface area contributed by atoms with Gasteiger partial charge in [0.1, 0.15) is 12.4 Å². The summed E-state index contributed by atoms with van der Waals surface area (Å²) in [5, 5.41) is 3.79. The van der Waals surface area contributed by atoms with Crippen molar-refractivity contribution in [2.75, 3.05) is 13.2 Å². The highest BCUT2D eigenvalue weighted by molar-refractivity contribution is 5.20. The van der Waals surface area contributed by atoms with Crippen LogP contribution in [0.25, 0.3) is 0 Å². The Morgan fingerprint density at radius 2 is 1.95 bits per heavy atom. The lowest BCUT2D eigenvalue weighted by molar-refractivity contribution is 0.105. The van der Waals surface area contributed by atoms with Gasteiger partial charge < -0.3 is 10.1 Å². The van der Waals surface area contributed by atoms with Crippen molar-refractivity contribution in [3.05, 3.63) is 30.3 Å². The average Bonchev–Trinajstić information content (AvgIpc) is 2.90. The Kier molecular flexibility index (Phi) is 3.53. The molecule has 3 atom stereocenters. The minimum absolute atomic E-state index is 0.430. The Balaban J connectivity index is 1.51. The molecule has 3 unspecified atom stereocenters. The van der Waals surface area contributed by atoms with Gasteiger partial charge in [0.05, 0.1) is 0 Å². The predicted molar refractivity (Wildman–Crippen MR) is 83.0 cm³/mol. The van der Waals surface area contributed by atoms with Crippen LogP contribution in [0.3, 0.4) is 0 Å². The minimum Gasteiger partial charge on any atom is -0.492 e. The van der Waals surface area contributed by atoms with E-state index in [0.717, 1.165) is 24.8 Å². The summed E-state index contributed by atoms with van der Waals surface area (Å²) in [6.07, 6.45) is 4.21. The first-order valence-corrected chi connectivity index (χ1v) is 7.94. The van der Waals surface area contributed by atoms with E-state index >= 15 is 0 Å². The molecule has 1 N–H and O–H groups in total. The van der Waals surface area contributed by atoms with Gasteiger partial charge in [-0.15, -0.1) is 0 Å². The zero-order valence-electron chi connectivity index (χ0n) is 13.0. The first kappa shape index (κ1) is 13.9. The number of hydrogen-bond donors (Lipinski definition) is 1. The Hall–Kier alpha value is -1.02. The summed E-state index contributed by atoms with van der Waals surface area (Å²) in [5.41, 5.74) is 0.931. The summed E-state index contributed by atoms with van der Waals surface area (Å²) >= 11 is 0. The quantitative estimate of drug-likeness (QED) is 0.822. The molecule has 2 heteroatoms. The number of hydrogen-bond acceptors (Lipinski definition) is 2. The number of benzene rings is 1. The second-order valence-electron chi connectivity index (χ2n) is 7.46. The number of fused-ring (bicyclic) bond motifs is 2. The van der Waals surface area contributed by atoms with Crippen molar-refractivity contribution in [3.63, 3.8) is 0 Å². The third-order valence-electron chi connectivity index (χ3n) is 5.73. The summed E-state index contributed by atoms with van der Waals surface area (Å²) < 4.78 is 5.78. The van der Waals surface area contributed by atoms with Gasteiger partial charge in [0.25, 0.3) is 0 Å². The van der Waals surface area contributed by atoms with E-state index in [9.17, 15) is 0 Å². The highest BCUT2D eigenvalue weighted by Gasteiger charge is 2.58. The zero-order valence-corrected chi connectivity index (χ0v) is 13.0. The van der Waals surface area contributed by atoms with Crippen LogP contribution in [0.4, 0.5) is 0 Å². The van der Waals surface area contributed by atoms with Crippen molar-refractivity contribution in [2.45, 2.75) is 46.1 Å². The maximum Gasteiger partial charge on any atom is 0.119 e. The maximum atomic E-state index is 5.78. The van der Waals surface area contributed by atoms with Crippen molar-refractivity contribution in [1.82, 2.24) is 5.32 Å². The largest absolute Gasteiger partial charge is 0.492 e.